The van der Waals surface area contributed by atoms with E-state index in [0.29, 0.717) is 33.4 Å². The second-order valence-corrected chi connectivity index (χ2v) is 7.32. The monoisotopic (exact) mass is 327 g/mol. The molecule has 0 spiro atoms. The molecule has 3 atom stereocenters. The minimum Gasteiger partial charge on any atom is -0.349 e. The molecule has 1 fully saturated rings. The average Bonchev–Trinajstić information content (AvgIpc) is 2.38. The van der Waals surface area contributed by atoms with Gasteiger partial charge in [0.25, 0.3) is 5.91 Å². The quantitative estimate of drug-likeness (QED) is 0.813. The zero-order chi connectivity index (χ0) is 15.6. The topological polar surface area (TPSA) is 29.1 Å². The molecule has 21 heavy (non-hydrogen) atoms. The van der Waals surface area contributed by atoms with Crippen LogP contribution in [0.15, 0.2) is 18.2 Å². The molecule has 1 aromatic carbocycles. The Hall–Kier alpha value is -0.730. The second kappa shape index (κ2) is 7.02. The first-order valence-electron chi connectivity index (χ1n) is 7.65. The van der Waals surface area contributed by atoms with Crippen LogP contribution in [-0.4, -0.2) is 11.9 Å². The molecule has 1 N–H and O–H groups in total. The third-order valence-electron chi connectivity index (χ3n) is 4.53. The Morgan fingerprint density at radius 2 is 1.86 bits per heavy atom. The first kappa shape index (κ1) is 16.6. The van der Waals surface area contributed by atoms with Crippen LogP contribution < -0.4 is 5.32 Å². The Morgan fingerprint density at radius 1 is 1.24 bits per heavy atom. The van der Waals surface area contributed by atoms with Crippen molar-refractivity contribution < 1.29 is 4.79 Å². The van der Waals surface area contributed by atoms with E-state index in [4.69, 9.17) is 23.2 Å². The average molecular weight is 328 g/mol. The molecule has 2 rings (SSSR count). The minimum atomic E-state index is -0.157. The Balaban J connectivity index is 2.17. The van der Waals surface area contributed by atoms with Gasteiger partial charge in [0.2, 0.25) is 0 Å². The number of hydrogen-bond acceptors (Lipinski definition) is 1. The van der Waals surface area contributed by atoms with E-state index in [-0.39, 0.29) is 11.9 Å². The summed E-state index contributed by atoms with van der Waals surface area (Å²) in [6, 6.07) is 5.35. The number of halogens is 2. The molecule has 1 aromatic rings. The van der Waals surface area contributed by atoms with E-state index in [1.807, 2.05) is 0 Å². The lowest BCUT2D eigenvalue weighted by Gasteiger charge is -2.37. The first-order chi connectivity index (χ1) is 9.90. The summed E-state index contributed by atoms with van der Waals surface area (Å²) in [6.07, 6.45) is 3.43. The number of nitrogens with one attached hydrogen (secondary N) is 1. The summed E-state index contributed by atoms with van der Waals surface area (Å²) < 4.78 is 0. The highest BCUT2D eigenvalue weighted by Crippen LogP contribution is 2.34. The molecule has 1 saturated carbocycles. The largest absolute Gasteiger partial charge is 0.349 e. The van der Waals surface area contributed by atoms with Gasteiger partial charge in [-0.2, -0.15) is 0 Å². The highest BCUT2D eigenvalue weighted by Gasteiger charge is 2.32. The van der Waals surface area contributed by atoms with Gasteiger partial charge in [-0.15, -0.1) is 0 Å². The number of carbonyl (C=O) groups excluding carboxylic acids is 1. The van der Waals surface area contributed by atoms with Gasteiger partial charge >= 0.3 is 0 Å². The summed E-state index contributed by atoms with van der Waals surface area (Å²) in [7, 11) is 0. The van der Waals surface area contributed by atoms with E-state index >= 15 is 0 Å². The van der Waals surface area contributed by atoms with Crippen molar-refractivity contribution in [3.8, 4) is 0 Å². The van der Waals surface area contributed by atoms with E-state index in [0.717, 1.165) is 6.42 Å². The molecule has 116 valence electrons. The van der Waals surface area contributed by atoms with Crippen LogP contribution in [0.1, 0.15) is 50.4 Å². The molecule has 2 nitrogen and oxygen atoms in total. The lowest BCUT2D eigenvalue weighted by Crippen LogP contribution is -2.45. The Morgan fingerprint density at radius 3 is 2.43 bits per heavy atom. The fraction of sp³-hybridized carbons (Fsp3) is 0.588. The molecule has 1 aliphatic rings. The van der Waals surface area contributed by atoms with Crippen molar-refractivity contribution in [1.29, 1.82) is 0 Å². The lowest BCUT2D eigenvalue weighted by atomic mass is 9.74. The van der Waals surface area contributed by atoms with Crippen LogP contribution in [0, 0.1) is 17.8 Å². The molecule has 0 bridgehead atoms. The molecule has 0 radical (unpaired) electrons. The van der Waals surface area contributed by atoms with Gasteiger partial charge in [-0.1, -0.05) is 56.5 Å². The van der Waals surface area contributed by atoms with E-state index in [9.17, 15) is 4.79 Å². The fourth-order valence-electron chi connectivity index (χ4n) is 3.32. The third-order valence-corrected chi connectivity index (χ3v) is 5.16. The normalized spacial score (nSPS) is 25.9. The summed E-state index contributed by atoms with van der Waals surface area (Å²) in [4.78, 5) is 12.5. The van der Waals surface area contributed by atoms with Crippen LogP contribution in [0.5, 0.6) is 0 Å². The first-order valence-corrected chi connectivity index (χ1v) is 8.40. The lowest BCUT2D eigenvalue weighted by molar-refractivity contribution is 0.0868. The van der Waals surface area contributed by atoms with Crippen LogP contribution >= 0.6 is 23.2 Å². The van der Waals surface area contributed by atoms with Crippen LogP contribution in [-0.2, 0) is 0 Å². The zero-order valence-electron chi connectivity index (χ0n) is 12.8. The van der Waals surface area contributed by atoms with Gasteiger partial charge in [-0.05, 0) is 42.7 Å². The smallest absolute Gasteiger partial charge is 0.254 e. The van der Waals surface area contributed by atoms with E-state index in [1.54, 1.807) is 18.2 Å². The maximum Gasteiger partial charge on any atom is 0.254 e. The summed E-state index contributed by atoms with van der Waals surface area (Å²) in [5.74, 6) is 1.57. The molecule has 0 saturated heterocycles. The van der Waals surface area contributed by atoms with Crippen LogP contribution in [0.4, 0.5) is 0 Å². The maximum atomic E-state index is 12.5. The van der Waals surface area contributed by atoms with Gasteiger partial charge in [-0.3, -0.25) is 4.79 Å². The highest BCUT2D eigenvalue weighted by molar-refractivity contribution is 6.39. The standard InChI is InChI=1S/C17H23Cl2NO/c1-10(2)12-8-7-11(3)9-15(12)20-17(21)16-13(18)5-4-6-14(16)19/h4-6,10-12,15H,7-9H2,1-3H3,(H,20,21). The van der Waals surface area contributed by atoms with Gasteiger partial charge in [0.15, 0.2) is 0 Å². The molecule has 3 unspecified atom stereocenters. The molecular formula is C17H23Cl2NO. The molecule has 0 heterocycles. The molecule has 0 aromatic heterocycles. The van der Waals surface area contributed by atoms with Crippen molar-refractivity contribution in [1.82, 2.24) is 5.32 Å². The van der Waals surface area contributed by atoms with E-state index < -0.39 is 0 Å². The molecule has 4 heteroatoms. The van der Waals surface area contributed by atoms with Crippen molar-refractivity contribution in [3.63, 3.8) is 0 Å². The van der Waals surface area contributed by atoms with Gasteiger partial charge < -0.3 is 5.32 Å². The molecule has 1 aliphatic carbocycles. The predicted octanol–water partition coefficient (Wildman–Crippen LogP) is 5.18. The van der Waals surface area contributed by atoms with Crippen LogP contribution in [0.25, 0.3) is 0 Å². The fourth-order valence-corrected chi connectivity index (χ4v) is 3.89. The molecule has 1 amide bonds. The predicted molar refractivity (Wildman–Crippen MR) is 89.1 cm³/mol. The van der Waals surface area contributed by atoms with Crippen LogP contribution in [0.3, 0.4) is 0 Å². The Kier molecular flexibility index (Phi) is 5.56. The number of rotatable bonds is 3. The van der Waals surface area contributed by atoms with Gasteiger partial charge in [0.1, 0.15) is 0 Å². The number of hydrogen-bond donors (Lipinski definition) is 1. The zero-order valence-corrected chi connectivity index (χ0v) is 14.3. The molecule has 0 aliphatic heterocycles. The highest BCUT2D eigenvalue weighted by atomic mass is 35.5. The third kappa shape index (κ3) is 3.92. The summed E-state index contributed by atoms with van der Waals surface area (Å²) >= 11 is 12.2. The number of amides is 1. The van der Waals surface area contributed by atoms with Crippen molar-refractivity contribution in [3.05, 3.63) is 33.8 Å². The van der Waals surface area contributed by atoms with E-state index in [1.165, 1.54) is 12.8 Å². The number of benzene rings is 1. The Labute approximate surface area is 137 Å². The summed E-state index contributed by atoms with van der Waals surface area (Å²) in [6.45, 7) is 6.70. The van der Waals surface area contributed by atoms with Gasteiger partial charge in [0, 0.05) is 6.04 Å². The second-order valence-electron chi connectivity index (χ2n) is 6.50. The molecular weight excluding hydrogens is 305 g/mol. The Bertz CT molecular complexity index is 495. The van der Waals surface area contributed by atoms with Crippen molar-refractivity contribution in [2.24, 2.45) is 17.8 Å². The van der Waals surface area contributed by atoms with Crippen molar-refractivity contribution in [2.45, 2.75) is 46.1 Å². The minimum absolute atomic E-state index is 0.157. The SMILES string of the molecule is CC1CCC(C(C)C)C(NC(=O)c2c(Cl)cccc2Cl)C1. The van der Waals surface area contributed by atoms with Crippen molar-refractivity contribution in [2.75, 3.05) is 0 Å². The number of carbonyl (C=O) groups is 1. The van der Waals surface area contributed by atoms with E-state index in [2.05, 4.69) is 26.1 Å². The van der Waals surface area contributed by atoms with Crippen LogP contribution in [0.2, 0.25) is 10.0 Å². The van der Waals surface area contributed by atoms with Gasteiger partial charge in [-0.25, -0.2) is 0 Å². The van der Waals surface area contributed by atoms with Gasteiger partial charge in [0.05, 0.1) is 15.6 Å². The summed E-state index contributed by atoms with van der Waals surface area (Å²) in [5, 5.41) is 3.99. The van der Waals surface area contributed by atoms with Crippen molar-refractivity contribution >= 4 is 29.1 Å². The maximum absolute atomic E-state index is 12.5. The summed E-state index contributed by atoms with van der Waals surface area (Å²) in [5.41, 5.74) is 0.390.